The van der Waals surface area contributed by atoms with Crippen molar-refractivity contribution in [2.75, 3.05) is 4.90 Å². The molecule has 10 aromatic rings. The smallest absolute Gasteiger partial charge is 0.136 e. The van der Waals surface area contributed by atoms with Gasteiger partial charge in [-0.3, -0.25) is 0 Å². The molecule has 0 radical (unpaired) electrons. The van der Waals surface area contributed by atoms with E-state index >= 15 is 0 Å². The molecule has 220 valence electrons. The molecule has 3 heteroatoms. The Kier molecular flexibility index (Phi) is 5.57. The predicted molar refractivity (Wildman–Crippen MR) is 196 cm³/mol. The molecule has 0 bridgehead atoms. The van der Waals surface area contributed by atoms with Crippen molar-refractivity contribution in [1.82, 2.24) is 0 Å². The molecule has 0 saturated carbocycles. The second-order valence-electron chi connectivity index (χ2n) is 12.1. The molecule has 0 atom stereocenters. The van der Waals surface area contributed by atoms with Gasteiger partial charge in [-0.2, -0.15) is 0 Å². The Morgan fingerprint density at radius 1 is 0.319 bits per heavy atom. The molecule has 0 aliphatic rings. The zero-order chi connectivity index (χ0) is 30.9. The highest BCUT2D eigenvalue weighted by molar-refractivity contribution is 6.20. The zero-order valence-corrected chi connectivity index (χ0v) is 25.4. The minimum Gasteiger partial charge on any atom is -0.456 e. The van der Waals surface area contributed by atoms with Gasteiger partial charge >= 0.3 is 0 Å². The summed E-state index contributed by atoms with van der Waals surface area (Å²) >= 11 is 0. The molecule has 47 heavy (non-hydrogen) atoms. The second kappa shape index (κ2) is 10.1. The highest BCUT2D eigenvalue weighted by atomic mass is 16.3. The van der Waals surface area contributed by atoms with Crippen LogP contribution in [0.25, 0.3) is 76.5 Å². The third kappa shape index (κ3) is 4.07. The van der Waals surface area contributed by atoms with Crippen molar-refractivity contribution < 1.29 is 8.83 Å². The van der Waals surface area contributed by atoms with Crippen LogP contribution in [-0.4, -0.2) is 0 Å². The summed E-state index contributed by atoms with van der Waals surface area (Å²) in [5.41, 5.74) is 9.16. The fraction of sp³-hybridized carbons (Fsp3) is 0. The van der Waals surface area contributed by atoms with E-state index in [9.17, 15) is 0 Å². The van der Waals surface area contributed by atoms with Crippen molar-refractivity contribution in [1.29, 1.82) is 0 Å². The van der Waals surface area contributed by atoms with Gasteiger partial charge in [-0.15, -0.1) is 0 Å². The molecule has 0 saturated heterocycles. The second-order valence-corrected chi connectivity index (χ2v) is 12.1. The summed E-state index contributed by atoms with van der Waals surface area (Å²) in [6.45, 7) is 0. The highest BCUT2D eigenvalue weighted by Crippen LogP contribution is 2.41. The summed E-state index contributed by atoms with van der Waals surface area (Å²) in [4.78, 5) is 2.32. The SMILES string of the molecule is c1ccc(N(c2ccc(-c3ccc4c(c3)oc3ccc5ccccc5c34)cc2)c2ccc3ccc4oc5ccccc5c4c3c2)cc1. The third-order valence-corrected chi connectivity index (χ3v) is 9.44. The van der Waals surface area contributed by atoms with Crippen molar-refractivity contribution in [3.05, 3.63) is 164 Å². The molecule has 2 heterocycles. The van der Waals surface area contributed by atoms with E-state index < -0.39 is 0 Å². The molecular formula is C44H27NO2. The maximum absolute atomic E-state index is 6.37. The van der Waals surface area contributed by atoms with Gasteiger partial charge in [0.25, 0.3) is 0 Å². The monoisotopic (exact) mass is 601 g/mol. The minimum atomic E-state index is 0.901. The highest BCUT2D eigenvalue weighted by Gasteiger charge is 2.17. The zero-order valence-electron chi connectivity index (χ0n) is 25.4. The van der Waals surface area contributed by atoms with Gasteiger partial charge in [-0.1, -0.05) is 97.1 Å². The molecule has 0 unspecified atom stereocenters. The van der Waals surface area contributed by atoms with Crippen molar-refractivity contribution >= 4 is 82.5 Å². The molecular weight excluding hydrogens is 574 g/mol. The number of anilines is 3. The van der Waals surface area contributed by atoms with Crippen LogP contribution in [0.3, 0.4) is 0 Å². The molecule has 0 spiro atoms. The van der Waals surface area contributed by atoms with Gasteiger partial charge < -0.3 is 13.7 Å². The third-order valence-electron chi connectivity index (χ3n) is 9.44. The predicted octanol–water partition coefficient (Wildman–Crippen LogP) is 12.9. The van der Waals surface area contributed by atoms with Gasteiger partial charge in [0.05, 0.1) is 0 Å². The summed E-state index contributed by atoms with van der Waals surface area (Å²) in [5, 5.41) is 9.40. The molecule has 0 N–H and O–H groups in total. The van der Waals surface area contributed by atoms with E-state index in [1.165, 1.54) is 26.9 Å². The first-order valence-electron chi connectivity index (χ1n) is 15.9. The summed E-state index contributed by atoms with van der Waals surface area (Å²) < 4.78 is 12.6. The number of rotatable bonds is 4. The van der Waals surface area contributed by atoms with Crippen LogP contribution >= 0.6 is 0 Å². The van der Waals surface area contributed by atoms with Crippen LogP contribution < -0.4 is 4.90 Å². The lowest BCUT2D eigenvalue weighted by atomic mass is 10.0. The first-order valence-corrected chi connectivity index (χ1v) is 15.9. The van der Waals surface area contributed by atoms with Gasteiger partial charge in [0.1, 0.15) is 22.3 Å². The molecule has 8 aromatic carbocycles. The molecule has 0 aliphatic carbocycles. The molecule has 3 nitrogen and oxygen atoms in total. The minimum absolute atomic E-state index is 0.901. The topological polar surface area (TPSA) is 29.5 Å². The van der Waals surface area contributed by atoms with Gasteiger partial charge in [0.2, 0.25) is 0 Å². The van der Waals surface area contributed by atoms with Crippen molar-refractivity contribution in [2.45, 2.75) is 0 Å². The van der Waals surface area contributed by atoms with Crippen molar-refractivity contribution in [2.24, 2.45) is 0 Å². The number of fused-ring (bicyclic) bond motifs is 10. The lowest BCUT2D eigenvalue weighted by molar-refractivity contribution is 0.669. The first-order chi connectivity index (χ1) is 23.3. The number of nitrogens with zero attached hydrogens (tertiary/aromatic N) is 1. The molecule has 2 aromatic heterocycles. The Labute approximate surface area is 270 Å². The summed E-state index contributed by atoms with van der Waals surface area (Å²) in [6.07, 6.45) is 0. The van der Waals surface area contributed by atoms with Crippen LogP contribution in [0.4, 0.5) is 17.1 Å². The maximum Gasteiger partial charge on any atom is 0.136 e. The quantitative estimate of drug-likeness (QED) is 0.201. The van der Waals surface area contributed by atoms with Crippen LogP contribution in [0.5, 0.6) is 0 Å². The number of hydrogen-bond acceptors (Lipinski definition) is 3. The molecule has 10 rings (SSSR count). The van der Waals surface area contributed by atoms with Crippen molar-refractivity contribution in [3.63, 3.8) is 0 Å². The fourth-order valence-corrected chi connectivity index (χ4v) is 7.22. The molecule has 0 fully saturated rings. The number of furan rings is 2. The summed E-state index contributed by atoms with van der Waals surface area (Å²) in [6, 6.07) is 57.9. The van der Waals surface area contributed by atoms with Gasteiger partial charge in [0, 0.05) is 38.6 Å². The Morgan fingerprint density at radius 2 is 0.894 bits per heavy atom. The first kappa shape index (κ1) is 26.0. The fourth-order valence-electron chi connectivity index (χ4n) is 7.22. The van der Waals surface area contributed by atoms with Crippen LogP contribution in [0.1, 0.15) is 0 Å². The van der Waals surface area contributed by atoms with Gasteiger partial charge in [0.15, 0.2) is 0 Å². The van der Waals surface area contributed by atoms with E-state index in [1.807, 2.05) is 12.1 Å². The summed E-state index contributed by atoms with van der Waals surface area (Å²) in [5.74, 6) is 0. The largest absolute Gasteiger partial charge is 0.456 e. The standard InChI is InChI=1S/C44H27NO2/c1-2-9-32(10-3-1)45(34-22-16-30-19-25-41-44(38(30)27-34)36-12-6-7-13-39(36)46-41)33-20-14-28(15-21-33)31-17-23-37-42(26-31)47-40-24-18-29-8-4-5-11-35(29)43(37)40/h1-27H. The molecule has 0 aliphatic heterocycles. The normalized spacial score (nSPS) is 11.8. The summed E-state index contributed by atoms with van der Waals surface area (Å²) in [7, 11) is 0. The van der Waals surface area contributed by atoms with E-state index in [-0.39, 0.29) is 0 Å². The van der Waals surface area contributed by atoms with Crippen LogP contribution in [0.15, 0.2) is 173 Å². The Bertz CT molecular complexity index is 2790. The number of hydrogen-bond donors (Lipinski definition) is 0. The number of para-hydroxylation sites is 2. The van der Waals surface area contributed by atoms with E-state index in [0.717, 1.165) is 66.7 Å². The Balaban J connectivity index is 1.09. The van der Waals surface area contributed by atoms with E-state index in [2.05, 4.69) is 157 Å². The van der Waals surface area contributed by atoms with E-state index in [4.69, 9.17) is 8.83 Å². The lowest BCUT2D eigenvalue weighted by Crippen LogP contribution is -2.09. The van der Waals surface area contributed by atoms with Gasteiger partial charge in [-0.25, -0.2) is 0 Å². The maximum atomic E-state index is 6.37. The van der Waals surface area contributed by atoms with E-state index in [0.29, 0.717) is 0 Å². The average Bonchev–Trinajstić information content (AvgIpc) is 3.71. The van der Waals surface area contributed by atoms with Crippen molar-refractivity contribution in [3.8, 4) is 11.1 Å². The van der Waals surface area contributed by atoms with Gasteiger partial charge in [-0.05, 0) is 99.4 Å². The van der Waals surface area contributed by atoms with E-state index in [1.54, 1.807) is 0 Å². The average molecular weight is 602 g/mol. The van der Waals surface area contributed by atoms with Crippen LogP contribution in [0, 0.1) is 0 Å². The number of benzene rings is 8. The Hall–Kier alpha value is -6.32. The van der Waals surface area contributed by atoms with Crippen LogP contribution in [-0.2, 0) is 0 Å². The molecule has 0 amide bonds. The Morgan fingerprint density at radius 3 is 1.72 bits per heavy atom. The lowest BCUT2D eigenvalue weighted by Gasteiger charge is -2.26. The van der Waals surface area contributed by atoms with Crippen LogP contribution in [0.2, 0.25) is 0 Å².